The van der Waals surface area contributed by atoms with Crippen molar-refractivity contribution in [2.24, 2.45) is 0 Å². The van der Waals surface area contributed by atoms with Gasteiger partial charge in [-0.3, -0.25) is 4.79 Å². The second-order valence-electron chi connectivity index (χ2n) is 3.70. The Morgan fingerprint density at radius 3 is 2.00 bits per heavy atom. The fourth-order valence-electron chi connectivity index (χ4n) is 1.57. The highest BCUT2D eigenvalue weighted by molar-refractivity contribution is 6.43. The first-order chi connectivity index (χ1) is 8.90. The molecular weight excluding hydrogens is 333 g/mol. The van der Waals surface area contributed by atoms with Crippen LogP contribution < -0.4 is 0 Å². The molecule has 0 aliphatic rings. The normalized spacial score (nSPS) is 10.6. The van der Waals surface area contributed by atoms with Gasteiger partial charge in [0, 0.05) is 10.0 Å². The Hall–Kier alpha value is -0.800. The van der Waals surface area contributed by atoms with Crippen molar-refractivity contribution in [1.29, 1.82) is 0 Å². The van der Waals surface area contributed by atoms with Crippen LogP contribution in [-0.4, -0.2) is 5.78 Å². The molecule has 0 spiro atoms. The molecule has 0 saturated heterocycles. The van der Waals surface area contributed by atoms with E-state index in [1.807, 2.05) is 0 Å². The summed E-state index contributed by atoms with van der Waals surface area (Å²) in [6, 6.07) is 6.48. The van der Waals surface area contributed by atoms with E-state index in [4.69, 9.17) is 46.4 Å². The zero-order valence-electron chi connectivity index (χ0n) is 9.18. The molecule has 0 amide bonds. The highest BCUT2D eigenvalue weighted by atomic mass is 35.5. The minimum absolute atomic E-state index is 0.00829. The van der Waals surface area contributed by atoms with E-state index in [0.29, 0.717) is 5.02 Å². The third kappa shape index (κ3) is 3.03. The number of benzene rings is 2. The van der Waals surface area contributed by atoms with E-state index < -0.39 is 11.6 Å². The highest BCUT2D eigenvalue weighted by Gasteiger charge is 2.20. The summed E-state index contributed by atoms with van der Waals surface area (Å²) in [6.07, 6.45) is 0. The quantitative estimate of drug-likeness (QED) is 0.645. The van der Waals surface area contributed by atoms with Gasteiger partial charge in [0.1, 0.15) is 5.82 Å². The molecule has 0 heterocycles. The average Bonchev–Trinajstić information content (AvgIpc) is 2.26. The van der Waals surface area contributed by atoms with Gasteiger partial charge in [0.15, 0.2) is 5.78 Å². The summed E-state index contributed by atoms with van der Waals surface area (Å²) < 4.78 is 13.7. The van der Waals surface area contributed by atoms with E-state index in [0.717, 1.165) is 6.07 Å². The van der Waals surface area contributed by atoms with E-state index in [2.05, 4.69) is 0 Å². The predicted molar refractivity (Wildman–Crippen MR) is 76.3 cm³/mol. The van der Waals surface area contributed by atoms with Crippen molar-refractivity contribution in [3.05, 3.63) is 67.4 Å². The molecule has 0 saturated carbocycles. The summed E-state index contributed by atoms with van der Waals surface area (Å²) in [5.41, 5.74) is -0.149. The van der Waals surface area contributed by atoms with Gasteiger partial charge in [-0.2, -0.15) is 0 Å². The van der Waals surface area contributed by atoms with E-state index in [-0.39, 0.29) is 26.2 Å². The van der Waals surface area contributed by atoms with Gasteiger partial charge in [-0.1, -0.05) is 46.4 Å². The lowest BCUT2D eigenvalue weighted by Crippen LogP contribution is -2.06. The fraction of sp³-hybridized carbons (Fsp3) is 0. The average molecular weight is 338 g/mol. The SMILES string of the molecule is O=C(c1ccc(Cl)cc1F)c1c(Cl)cc(Cl)cc1Cl. The number of ketones is 1. The minimum atomic E-state index is -0.736. The molecule has 2 aromatic carbocycles. The van der Waals surface area contributed by atoms with Crippen LogP contribution in [0.25, 0.3) is 0 Å². The summed E-state index contributed by atoms with van der Waals surface area (Å²) in [6.45, 7) is 0. The summed E-state index contributed by atoms with van der Waals surface area (Å²) in [4.78, 5) is 12.2. The van der Waals surface area contributed by atoms with Crippen LogP contribution in [-0.2, 0) is 0 Å². The van der Waals surface area contributed by atoms with Gasteiger partial charge in [-0.15, -0.1) is 0 Å². The van der Waals surface area contributed by atoms with Crippen molar-refractivity contribution in [3.63, 3.8) is 0 Å². The van der Waals surface area contributed by atoms with Gasteiger partial charge in [0.25, 0.3) is 0 Å². The highest BCUT2D eigenvalue weighted by Crippen LogP contribution is 2.31. The molecule has 2 rings (SSSR count). The first kappa shape index (κ1) is 14.6. The maximum atomic E-state index is 13.7. The molecule has 0 unspecified atom stereocenters. The smallest absolute Gasteiger partial charge is 0.198 e. The van der Waals surface area contributed by atoms with Crippen LogP contribution in [0, 0.1) is 5.82 Å². The Kier molecular flexibility index (Phi) is 4.36. The largest absolute Gasteiger partial charge is 0.288 e. The van der Waals surface area contributed by atoms with Crippen molar-refractivity contribution in [3.8, 4) is 0 Å². The van der Waals surface area contributed by atoms with E-state index in [1.165, 1.54) is 24.3 Å². The molecule has 0 aromatic heterocycles. The van der Waals surface area contributed by atoms with Crippen LogP contribution in [0.5, 0.6) is 0 Å². The molecule has 0 atom stereocenters. The van der Waals surface area contributed by atoms with Crippen molar-refractivity contribution in [2.75, 3.05) is 0 Å². The summed E-state index contributed by atoms with van der Waals surface area (Å²) in [7, 11) is 0. The number of hydrogen-bond donors (Lipinski definition) is 0. The summed E-state index contributed by atoms with van der Waals surface area (Å²) >= 11 is 23.2. The molecule has 0 aliphatic heterocycles. The van der Waals surface area contributed by atoms with Crippen molar-refractivity contribution in [1.82, 2.24) is 0 Å². The monoisotopic (exact) mass is 336 g/mol. The van der Waals surface area contributed by atoms with Crippen molar-refractivity contribution < 1.29 is 9.18 Å². The lowest BCUT2D eigenvalue weighted by molar-refractivity contribution is 0.103. The van der Waals surface area contributed by atoms with Gasteiger partial charge >= 0.3 is 0 Å². The molecule has 0 radical (unpaired) electrons. The maximum Gasteiger partial charge on any atom is 0.198 e. The van der Waals surface area contributed by atoms with Gasteiger partial charge in [-0.25, -0.2) is 4.39 Å². The molecule has 0 bridgehead atoms. The molecule has 1 nitrogen and oxygen atoms in total. The summed E-state index contributed by atoms with van der Waals surface area (Å²) in [5, 5.41) is 0.624. The standard InChI is InChI=1S/C13H5Cl4FO/c14-6-1-2-8(11(18)5-6)13(19)12-9(16)3-7(15)4-10(12)17/h1-5H. The Morgan fingerprint density at radius 2 is 1.47 bits per heavy atom. The van der Waals surface area contributed by atoms with Gasteiger partial charge in [-0.05, 0) is 30.3 Å². The van der Waals surface area contributed by atoms with Gasteiger partial charge < -0.3 is 0 Å². The van der Waals surface area contributed by atoms with E-state index in [1.54, 1.807) is 0 Å². The van der Waals surface area contributed by atoms with E-state index in [9.17, 15) is 9.18 Å². The Balaban J connectivity index is 2.56. The Morgan fingerprint density at radius 1 is 0.895 bits per heavy atom. The van der Waals surface area contributed by atoms with E-state index >= 15 is 0 Å². The lowest BCUT2D eigenvalue weighted by Gasteiger charge is -2.08. The molecule has 0 N–H and O–H groups in total. The van der Waals surface area contributed by atoms with Crippen LogP contribution in [0.3, 0.4) is 0 Å². The number of rotatable bonds is 2. The molecule has 0 aliphatic carbocycles. The topological polar surface area (TPSA) is 17.1 Å². The number of carbonyl (C=O) groups is 1. The second kappa shape index (κ2) is 5.68. The van der Waals surface area contributed by atoms with Crippen LogP contribution >= 0.6 is 46.4 Å². The molecular formula is C13H5Cl4FO. The zero-order valence-corrected chi connectivity index (χ0v) is 12.2. The van der Waals surface area contributed by atoms with Gasteiger partial charge in [0.2, 0.25) is 0 Å². The van der Waals surface area contributed by atoms with Crippen molar-refractivity contribution in [2.45, 2.75) is 0 Å². The van der Waals surface area contributed by atoms with Crippen LogP contribution in [0.2, 0.25) is 20.1 Å². The fourth-order valence-corrected chi connectivity index (χ4v) is 2.71. The Bertz CT molecular complexity index is 647. The number of halogens is 5. The van der Waals surface area contributed by atoms with Crippen LogP contribution in [0.1, 0.15) is 15.9 Å². The maximum absolute atomic E-state index is 13.7. The third-order valence-corrected chi connectivity index (χ3v) is 3.46. The molecule has 0 fully saturated rings. The number of hydrogen-bond acceptors (Lipinski definition) is 1. The summed E-state index contributed by atoms with van der Waals surface area (Å²) in [5.74, 6) is -1.36. The number of carbonyl (C=O) groups excluding carboxylic acids is 1. The predicted octanol–water partition coefficient (Wildman–Crippen LogP) is 5.67. The molecule has 98 valence electrons. The lowest BCUT2D eigenvalue weighted by atomic mass is 10.0. The first-order valence-corrected chi connectivity index (χ1v) is 6.55. The molecule has 2 aromatic rings. The van der Waals surface area contributed by atoms with Crippen LogP contribution in [0.15, 0.2) is 30.3 Å². The second-order valence-corrected chi connectivity index (χ2v) is 5.38. The third-order valence-electron chi connectivity index (χ3n) is 2.41. The Labute approximate surface area is 128 Å². The molecule has 19 heavy (non-hydrogen) atoms. The van der Waals surface area contributed by atoms with Crippen molar-refractivity contribution >= 4 is 52.2 Å². The van der Waals surface area contributed by atoms with Crippen LogP contribution in [0.4, 0.5) is 4.39 Å². The minimum Gasteiger partial charge on any atom is -0.288 e. The molecule has 6 heteroatoms. The van der Waals surface area contributed by atoms with Gasteiger partial charge in [0.05, 0.1) is 21.2 Å². The first-order valence-electron chi connectivity index (χ1n) is 5.04. The zero-order chi connectivity index (χ0) is 14.2.